The van der Waals surface area contributed by atoms with Crippen molar-refractivity contribution in [1.82, 2.24) is 20.0 Å². The highest BCUT2D eigenvalue weighted by atomic mass is 16.2. The molecule has 6 heteroatoms. The number of hydrogen-bond donors (Lipinski definition) is 1. The van der Waals surface area contributed by atoms with Gasteiger partial charge in [-0.2, -0.15) is 0 Å². The lowest BCUT2D eigenvalue weighted by atomic mass is 9.83. The monoisotopic (exact) mass is 504 g/mol. The van der Waals surface area contributed by atoms with E-state index in [9.17, 15) is 9.59 Å². The molecule has 3 amide bonds. The number of piperazine rings is 1. The third-order valence-corrected chi connectivity index (χ3v) is 8.09. The van der Waals surface area contributed by atoms with Crippen LogP contribution in [0.25, 0.3) is 0 Å². The van der Waals surface area contributed by atoms with E-state index in [0.717, 1.165) is 25.9 Å². The number of carbonyl (C=O) groups excluding carboxylic acids is 2. The number of carbonyl (C=O) groups is 2. The molecule has 1 N–H and O–H groups in total. The first-order chi connectivity index (χ1) is 17.5. The van der Waals surface area contributed by atoms with E-state index >= 15 is 0 Å². The molecule has 37 heavy (non-hydrogen) atoms. The molecule has 2 heterocycles. The predicted molar refractivity (Wildman–Crippen MR) is 150 cm³/mol. The molecule has 2 aromatic rings. The standard InChI is InChI=1S/C31H44N4O2/c1-22-7-11-25(12-8-22)29(26-13-9-23(2)10-14-26)34-19-20-35(28(21-34)31(4,5)6)30(37)32-27-15-17-33(18-16-27)24(3)36/h7-14,27-29H,15-21H2,1-6H3,(H,32,37)/t28-/m1/s1. The largest absolute Gasteiger partial charge is 0.343 e. The van der Waals surface area contributed by atoms with Crippen LogP contribution in [-0.4, -0.2) is 71.4 Å². The molecule has 0 aromatic heterocycles. The summed E-state index contributed by atoms with van der Waals surface area (Å²) in [6.07, 6.45) is 1.63. The number of piperidine rings is 1. The topological polar surface area (TPSA) is 55.9 Å². The molecule has 0 unspecified atom stereocenters. The molecule has 0 bridgehead atoms. The maximum absolute atomic E-state index is 13.5. The number of benzene rings is 2. The summed E-state index contributed by atoms with van der Waals surface area (Å²) in [7, 11) is 0. The minimum absolute atomic E-state index is 0.0306. The van der Waals surface area contributed by atoms with Gasteiger partial charge in [0.2, 0.25) is 5.91 Å². The van der Waals surface area contributed by atoms with E-state index in [2.05, 4.69) is 98.3 Å². The van der Waals surface area contributed by atoms with Crippen LogP contribution < -0.4 is 5.32 Å². The lowest BCUT2D eigenvalue weighted by Gasteiger charge is -2.49. The molecule has 0 saturated carbocycles. The van der Waals surface area contributed by atoms with Crippen molar-refractivity contribution in [3.05, 3.63) is 70.8 Å². The average Bonchev–Trinajstić information content (AvgIpc) is 2.86. The number of urea groups is 1. The summed E-state index contributed by atoms with van der Waals surface area (Å²) in [5.74, 6) is 0.116. The Morgan fingerprint density at radius 2 is 1.35 bits per heavy atom. The molecule has 1 atom stereocenters. The summed E-state index contributed by atoms with van der Waals surface area (Å²) < 4.78 is 0. The molecule has 2 saturated heterocycles. The Labute approximate surface area is 223 Å². The second kappa shape index (κ2) is 11.3. The van der Waals surface area contributed by atoms with E-state index in [1.54, 1.807) is 6.92 Å². The van der Waals surface area contributed by atoms with E-state index in [-0.39, 0.29) is 35.5 Å². The molecule has 6 nitrogen and oxygen atoms in total. The van der Waals surface area contributed by atoms with Gasteiger partial charge >= 0.3 is 6.03 Å². The molecule has 2 aromatic carbocycles. The van der Waals surface area contributed by atoms with Crippen LogP contribution >= 0.6 is 0 Å². The van der Waals surface area contributed by atoms with Gasteiger partial charge in [-0.1, -0.05) is 80.4 Å². The van der Waals surface area contributed by atoms with Gasteiger partial charge in [0, 0.05) is 45.7 Å². The summed E-state index contributed by atoms with van der Waals surface area (Å²) in [4.78, 5) is 31.7. The number of nitrogens with zero attached hydrogens (tertiary/aromatic N) is 3. The van der Waals surface area contributed by atoms with Gasteiger partial charge in [-0.05, 0) is 43.2 Å². The second-order valence-electron chi connectivity index (χ2n) is 12.0. The second-order valence-corrected chi connectivity index (χ2v) is 12.0. The summed E-state index contributed by atoms with van der Waals surface area (Å²) >= 11 is 0. The molecule has 0 aliphatic carbocycles. The van der Waals surface area contributed by atoms with Gasteiger partial charge < -0.3 is 15.1 Å². The van der Waals surface area contributed by atoms with Crippen LogP contribution in [0.3, 0.4) is 0 Å². The molecule has 200 valence electrons. The smallest absolute Gasteiger partial charge is 0.317 e. The number of aryl methyl sites for hydroxylation is 2. The number of hydrogen-bond acceptors (Lipinski definition) is 3. The average molecular weight is 505 g/mol. The van der Waals surface area contributed by atoms with E-state index in [0.29, 0.717) is 19.6 Å². The highest BCUT2D eigenvalue weighted by molar-refractivity contribution is 5.75. The van der Waals surface area contributed by atoms with Crippen molar-refractivity contribution in [1.29, 1.82) is 0 Å². The lowest BCUT2D eigenvalue weighted by Crippen LogP contribution is -2.63. The fourth-order valence-electron chi connectivity index (χ4n) is 5.73. The molecule has 0 radical (unpaired) electrons. The van der Waals surface area contributed by atoms with Crippen molar-refractivity contribution < 1.29 is 9.59 Å². The minimum atomic E-state index is -0.0703. The third-order valence-electron chi connectivity index (χ3n) is 8.09. The van der Waals surface area contributed by atoms with Gasteiger partial charge in [0.05, 0.1) is 12.1 Å². The highest BCUT2D eigenvalue weighted by Crippen LogP contribution is 2.35. The molecule has 2 fully saturated rings. The first-order valence-electron chi connectivity index (χ1n) is 13.7. The summed E-state index contributed by atoms with van der Waals surface area (Å²) in [6.45, 7) is 16.3. The number of amides is 3. The fraction of sp³-hybridized carbons (Fsp3) is 0.548. The van der Waals surface area contributed by atoms with Gasteiger partial charge in [0.15, 0.2) is 0 Å². The van der Waals surface area contributed by atoms with Crippen molar-refractivity contribution in [3.63, 3.8) is 0 Å². The Morgan fingerprint density at radius 1 is 0.838 bits per heavy atom. The van der Waals surface area contributed by atoms with E-state index in [1.807, 2.05) is 4.90 Å². The first kappa shape index (κ1) is 27.2. The lowest BCUT2D eigenvalue weighted by molar-refractivity contribution is -0.129. The Hall–Kier alpha value is -2.86. The Kier molecular flexibility index (Phi) is 8.27. The van der Waals surface area contributed by atoms with Gasteiger partial charge in [0.25, 0.3) is 0 Å². The minimum Gasteiger partial charge on any atom is -0.343 e. The molecule has 2 aliphatic heterocycles. The Balaban J connectivity index is 1.53. The maximum Gasteiger partial charge on any atom is 0.317 e. The van der Waals surface area contributed by atoms with Crippen molar-refractivity contribution in [2.24, 2.45) is 5.41 Å². The van der Waals surface area contributed by atoms with Crippen LogP contribution in [0.15, 0.2) is 48.5 Å². The number of likely N-dealkylation sites (tertiary alicyclic amines) is 1. The van der Waals surface area contributed by atoms with Gasteiger partial charge in [-0.3, -0.25) is 9.69 Å². The Morgan fingerprint density at radius 3 is 1.81 bits per heavy atom. The number of nitrogens with one attached hydrogen (secondary N) is 1. The van der Waals surface area contributed by atoms with E-state index < -0.39 is 0 Å². The van der Waals surface area contributed by atoms with E-state index in [1.165, 1.54) is 22.3 Å². The van der Waals surface area contributed by atoms with Gasteiger partial charge in [-0.15, -0.1) is 0 Å². The van der Waals surface area contributed by atoms with Crippen LogP contribution in [-0.2, 0) is 4.79 Å². The van der Waals surface area contributed by atoms with Crippen molar-refractivity contribution in [2.45, 2.75) is 72.5 Å². The van der Waals surface area contributed by atoms with Crippen molar-refractivity contribution in [3.8, 4) is 0 Å². The molecular weight excluding hydrogens is 460 g/mol. The molecule has 2 aliphatic rings. The Bertz CT molecular complexity index is 1020. The SMILES string of the molecule is CC(=O)N1CCC(NC(=O)N2CCN(C(c3ccc(C)cc3)c3ccc(C)cc3)C[C@@H]2C(C)(C)C)CC1. The van der Waals surface area contributed by atoms with Crippen LogP contribution in [0.2, 0.25) is 0 Å². The van der Waals surface area contributed by atoms with Crippen LogP contribution in [0, 0.1) is 19.3 Å². The molecule has 4 rings (SSSR count). The van der Waals surface area contributed by atoms with Crippen LogP contribution in [0.5, 0.6) is 0 Å². The van der Waals surface area contributed by atoms with Crippen molar-refractivity contribution in [2.75, 3.05) is 32.7 Å². The zero-order valence-electron chi connectivity index (χ0n) is 23.5. The number of rotatable bonds is 4. The third kappa shape index (κ3) is 6.53. The summed E-state index contributed by atoms with van der Waals surface area (Å²) in [5, 5.41) is 3.30. The highest BCUT2D eigenvalue weighted by Gasteiger charge is 2.41. The summed E-state index contributed by atoms with van der Waals surface area (Å²) in [6, 6.07) is 18.1. The van der Waals surface area contributed by atoms with Gasteiger partial charge in [0.1, 0.15) is 0 Å². The zero-order valence-corrected chi connectivity index (χ0v) is 23.5. The predicted octanol–water partition coefficient (Wildman–Crippen LogP) is 5.15. The van der Waals surface area contributed by atoms with Gasteiger partial charge in [-0.25, -0.2) is 4.79 Å². The molecule has 0 spiro atoms. The van der Waals surface area contributed by atoms with E-state index in [4.69, 9.17) is 0 Å². The quantitative estimate of drug-likeness (QED) is 0.627. The first-order valence-corrected chi connectivity index (χ1v) is 13.7. The summed E-state index contributed by atoms with van der Waals surface area (Å²) in [5.41, 5.74) is 5.03. The van der Waals surface area contributed by atoms with Crippen LogP contribution in [0.1, 0.15) is 68.8 Å². The van der Waals surface area contributed by atoms with Crippen molar-refractivity contribution >= 4 is 11.9 Å². The van der Waals surface area contributed by atoms with Crippen LogP contribution in [0.4, 0.5) is 4.79 Å². The molecular formula is C31H44N4O2. The normalized spacial score (nSPS) is 19.8. The fourth-order valence-corrected chi connectivity index (χ4v) is 5.73. The maximum atomic E-state index is 13.5. The zero-order chi connectivity index (χ0) is 26.7.